The molecule has 5 heteroatoms. The summed E-state index contributed by atoms with van der Waals surface area (Å²) in [6.07, 6.45) is 0. The molecule has 1 aromatic carbocycles. The number of nitrogens with zero attached hydrogens (tertiary/aromatic N) is 2. The number of nitriles is 1. The molecule has 1 heterocycles. The molecule has 0 saturated heterocycles. The SMILES string of the molecule is N#Cc1ccc(N)c(NCc2cscn2)c1. The third kappa shape index (κ3) is 2.30. The summed E-state index contributed by atoms with van der Waals surface area (Å²) in [6.45, 7) is 0.614. The number of nitrogens with one attached hydrogen (secondary N) is 1. The van der Waals surface area contributed by atoms with Gasteiger partial charge in [-0.3, -0.25) is 0 Å². The minimum Gasteiger partial charge on any atom is -0.397 e. The van der Waals surface area contributed by atoms with Crippen molar-refractivity contribution in [1.29, 1.82) is 5.26 Å². The van der Waals surface area contributed by atoms with Crippen LogP contribution in [0.25, 0.3) is 0 Å². The van der Waals surface area contributed by atoms with Crippen LogP contribution < -0.4 is 11.1 Å². The zero-order chi connectivity index (χ0) is 11.4. The van der Waals surface area contributed by atoms with E-state index in [1.807, 2.05) is 5.38 Å². The molecule has 16 heavy (non-hydrogen) atoms. The van der Waals surface area contributed by atoms with Gasteiger partial charge in [0.1, 0.15) is 0 Å². The average molecular weight is 230 g/mol. The van der Waals surface area contributed by atoms with Gasteiger partial charge in [-0.05, 0) is 18.2 Å². The van der Waals surface area contributed by atoms with Gasteiger partial charge in [-0.2, -0.15) is 5.26 Å². The third-order valence-electron chi connectivity index (χ3n) is 2.13. The molecule has 0 unspecified atom stereocenters. The van der Waals surface area contributed by atoms with Crippen LogP contribution in [0, 0.1) is 11.3 Å². The summed E-state index contributed by atoms with van der Waals surface area (Å²) in [6, 6.07) is 7.24. The molecule has 0 saturated carbocycles. The zero-order valence-electron chi connectivity index (χ0n) is 8.47. The topological polar surface area (TPSA) is 74.7 Å². The van der Waals surface area contributed by atoms with E-state index in [9.17, 15) is 0 Å². The number of nitrogens with two attached hydrogens (primary N) is 1. The lowest BCUT2D eigenvalue weighted by atomic mass is 10.2. The van der Waals surface area contributed by atoms with Gasteiger partial charge < -0.3 is 11.1 Å². The minimum absolute atomic E-state index is 0.593. The highest BCUT2D eigenvalue weighted by Crippen LogP contribution is 2.20. The summed E-state index contributed by atoms with van der Waals surface area (Å²) in [4.78, 5) is 4.15. The summed E-state index contributed by atoms with van der Waals surface area (Å²) >= 11 is 1.55. The van der Waals surface area contributed by atoms with Gasteiger partial charge in [0.2, 0.25) is 0 Å². The van der Waals surface area contributed by atoms with Crippen molar-refractivity contribution in [2.75, 3.05) is 11.1 Å². The standard InChI is InChI=1S/C11H10N4S/c12-4-8-1-2-10(13)11(3-8)14-5-9-6-16-7-15-9/h1-3,6-7,14H,5,13H2. The average Bonchev–Trinajstić information content (AvgIpc) is 2.81. The summed E-state index contributed by atoms with van der Waals surface area (Å²) < 4.78 is 0. The second kappa shape index (κ2) is 4.64. The van der Waals surface area contributed by atoms with Crippen LogP contribution in [0.15, 0.2) is 29.1 Å². The van der Waals surface area contributed by atoms with Gasteiger partial charge in [-0.25, -0.2) is 4.98 Å². The molecule has 0 aliphatic rings. The molecule has 2 rings (SSSR count). The van der Waals surface area contributed by atoms with Crippen molar-refractivity contribution in [3.8, 4) is 6.07 Å². The maximum absolute atomic E-state index is 8.78. The Hall–Kier alpha value is -2.06. The first-order valence-electron chi connectivity index (χ1n) is 4.70. The number of aromatic nitrogens is 1. The van der Waals surface area contributed by atoms with E-state index in [1.54, 1.807) is 35.0 Å². The van der Waals surface area contributed by atoms with Crippen molar-refractivity contribution in [2.45, 2.75) is 6.54 Å². The van der Waals surface area contributed by atoms with E-state index in [4.69, 9.17) is 11.0 Å². The Bertz CT molecular complexity index is 513. The summed E-state index contributed by atoms with van der Waals surface area (Å²) in [5.74, 6) is 0. The molecule has 3 N–H and O–H groups in total. The van der Waals surface area contributed by atoms with Gasteiger partial charge in [0.25, 0.3) is 0 Å². The second-order valence-electron chi connectivity index (χ2n) is 3.25. The number of hydrogen-bond acceptors (Lipinski definition) is 5. The van der Waals surface area contributed by atoms with Crippen molar-refractivity contribution in [1.82, 2.24) is 4.98 Å². The van der Waals surface area contributed by atoms with E-state index in [1.165, 1.54) is 0 Å². The van der Waals surface area contributed by atoms with E-state index in [2.05, 4.69) is 16.4 Å². The Morgan fingerprint density at radius 2 is 2.38 bits per heavy atom. The van der Waals surface area contributed by atoms with E-state index in [0.29, 0.717) is 17.8 Å². The lowest BCUT2D eigenvalue weighted by Gasteiger charge is -2.07. The van der Waals surface area contributed by atoms with Crippen molar-refractivity contribution in [2.24, 2.45) is 0 Å². The highest BCUT2D eigenvalue weighted by molar-refractivity contribution is 7.07. The highest BCUT2D eigenvalue weighted by Gasteiger charge is 2.01. The fraction of sp³-hybridized carbons (Fsp3) is 0.0909. The minimum atomic E-state index is 0.593. The second-order valence-corrected chi connectivity index (χ2v) is 3.97. The number of nitrogen functional groups attached to an aromatic ring is 1. The zero-order valence-corrected chi connectivity index (χ0v) is 9.29. The molecule has 0 atom stereocenters. The largest absolute Gasteiger partial charge is 0.397 e. The first kappa shape index (κ1) is 10.5. The Balaban J connectivity index is 2.12. The summed E-state index contributed by atoms with van der Waals surface area (Å²) in [7, 11) is 0. The molecular weight excluding hydrogens is 220 g/mol. The van der Waals surface area contributed by atoms with Gasteiger partial charge in [0.15, 0.2) is 0 Å². The maximum Gasteiger partial charge on any atom is 0.0992 e. The van der Waals surface area contributed by atoms with Crippen LogP contribution in [-0.4, -0.2) is 4.98 Å². The third-order valence-corrected chi connectivity index (χ3v) is 2.76. The molecular formula is C11H10N4S. The van der Waals surface area contributed by atoms with Crippen LogP contribution in [0.5, 0.6) is 0 Å². The van der Waals surface area contributed by atoms with Gasteiger partial charge >= 0.3 is 0 Å². The first-order chi connectivity index (χ1) is 7.79. The fourth-order valence-electron chi connectivity index (χ4n) is 1.29. The molecule has 2 aromatic rings. The van der Waals surface area contributed by atoms with Crippen molar-refractivity contribution in [3.63, 3.8) is 0 Å². The predicted molar refractivity (Wildman–Crippen MR) is 65.0 cm³/mol. The lowest BCUT2D eigenvalue weighted by Crippen LogP contribution is -2.02. The quantitative estimate of drug-likeness (QED) is 0.793. The predicted octanol–water partition coefficient (Wildman–Crippen LogP) is 2.21. The molecule has 0 bridgehead atoms. The van der Waals surface area contributed by atoms with E-state index >= 15 is 0 Å². The number of thiazole rings is 1. The molecule has 0 fully saturated rings. The number of anilines is 2. The van der Waals surface area contributed by atoms with Gasteiger partial charge in [0.05, 0.1) is 40.8 Å². The van der Waals surface area contributed by atoms with Gasteiger partial charge in [0, 0.05) is 5.38 Å². The summed E-state index contributed by atoms with van der Waals surface area (Å²) in [5, 5.41) is 13.9. The number of benzene rings is 1. The molecule has 0 amide bonds. The maximum atomic E-state index is 8.78. The van der Waals surface area contributed by atoms with Crippen LogP contribution in [0.4, 0.5) is 11.4 Å². The molecule has 1 aromatic heterocycles. The fourth-order valence-corrected chi connectivity index (χ4v) is 1.85. The smallest absolute Gasteiger partial charge is 0.0992 e. The van der Waals surface area contributed by atoms with Crippen molar-refractivity contribution in [3.05, 3.63) is 40.3 Å². The Morgan fingerprint density at radius 3 is 3.06 bits per heavy atom. The van der Waals surface area contributed by atoms with Crippen molar-refractivity contribution >= 4 is 22.7 Å². The van der Waals surface area contributed by atoms with Gasteiger partial charge in [-0.15, -0.1) is 11.3 Å². The van der Waals surface area contributed by atoms with Crippen LogP contribution in [-0.2, 0) is 6.54 Å². The van der Waals surface area contributed by atoms with Crippen molar-refractivity contribution < 1.29 is 0 Å². The molecule has 0 radical (unpaired) electrons. The monoisotopic (exact) mass is 230 g/mol. The molecule has 80 valence electrons. The number of rotatable bonds is 3. The summed E-state index contributed by atoms with van der Waals surface area (Å²) in [5.41, 5.74) is 10.5. The molecule has 4 nitrogen and oxygen atoms in total. The lowest BCUT2D eigenvalue weighted by molar-refractivity contribution is 1.07. The number of hydrogen-bond donors (Lipinski definition) is 2. The normalized spacial score (nSPS) is 9.69. The van der Waals surface area contributed by atoms with E-state index in [0.717, 1.165) is 11.4 Å². The molecule has 0 aliphatic heterocycles. The van der Waals surface area contributed by atoms with Gasteiger partial charge in [-0.1, -0.05) is 0 Å². The van der Waals surface area contributed by atoms with Crippen LogP contribution >= 0.6 is 11.3 Å². The van der Waals surface area contributed by atoms with Crippen LogP contribution in [0.3, 0.4) is 0 Å². The Labute approximate surface area is 97.4 Å². The molecule has 0 spiro atoms. The Kier molecular flexibility index (Phi) is 3.03. The van der Waals surface area contributed by atoms with Crippen LogP contribution in [0.1, 0.15) is 11.3 Å². The first-order valence-corrected chi connectivity index (χ1v) is 5.64. The highest BCUT2D eigenvalue weighted by atomic mass is 32.1. The van der Waals surface area contributed by atoms with E-state index in [-0.39, 0.29) is 0 Å². The van der Waals surface area contributed by atoms with Crippen LogP contribution in [0.2, 0.25) is 0 Å². The Morgan fingerprint density at radius 1 is 1.50 bits per heavy atom. The van der Waals surface area contributed by atoms with E-state index < -0.39 is 0 Å². The molecule has 0 aliphatic carbocycles.